The van der Waals surface area contributed by atoms with Crippen molar-refractivity contribution < 1.29 is 28.6 Å². The zero-order valence-corrected chi connectivity index (χ0v) is 23.1. The van der Waals surface area contributed by atoms with E-state index in [4.69, 9.17) is 14.2 Å². The van der Waals surface area contributed by atoms with E-state index >= 15 is 0 Å². The van der Waals surface area contributed by atoms with Gasteiger partial charge in [0, 0.05) is 44.8 Å². The highest BCUT2D eigenvalue weighted by atomic mass is 16.6. The summed E-state index contributed by atoms with van der Waals surface area (Å²) in [5.74, 6) is -0.132. The molecule has 0 saturated carbocycles. The number of esters is 1. The lowest BCUT2D eigenvalue weighted by Crippen LogP contribution is -2.51. The van der Waals surface area contributed by atoms with Crippen molar-refractivity contribution in [2.45, 2.75) is 52.2 Å². The Hall–Kier alpha value is -3.39. The maximum Gasteiger partial charge on any atom is 0.410 e. The molecule has 8 heteroatoms. The molecule has 1 aliphatic rings. The van der Waals surface area contributed by atoms with E-state index in [-0.39, 0.29) is 30.0 Å². The van der Waals surface area contributed by atoms with Gasteiger partial charge >= 0.3 is 12.1 Å². The van der Waals surface area contributed by atoms with Crippen LogP contribution >= 0.6 is 0 Å². The summed E-state index contributed by atoms with van der Waals surface area (Å²) >= 11 is 0. The lowest BCUT2D eigenvalue weighted by Gasteiger charge is -2.35. The number of carbonyl (C=O) groups is 3. The van der Waals surface area contributed by atoms with E-state index in [9.17, 15) is 14.4 Å². The number of amides is 2. The van der Waals surface area contributed by atoms with Gasteiger partial charge in [-0.15, -0.1) is 0 Å². The summed E-state index contributed by atoms with van der Waals surface area (Å²) in [6.45, 7) is 9.81. The van der Waals surface area contributed by atoms with Crippen molar-refractivity contribution in [3.8, 4) is 0 Å². The minimum atomic E-state index is -0.547. The lowest BCUT2D eigenvalue weighted by atomic mass is 9.99. The van der Waals surface area contributed by atoms with E-state index < -0.39 is 5.60 Å². The molecule has 2 aromatic rings. The normalized spacial score (nSPS) is 15.5. The second-order valence-electron chi connectivity index (χ2n) is 10.7. The average Bonchev–Trinajstić information content (AvgIpc) is 2.90. The average molecular weight is 525 g/mol. The molecule has 1 fully saturated rings. The number of nitrogens with zero attached hydrogens (tertiary/aromatic N) is 2. The van der Waals surface area contributed by atoms with Gasteiger partial charge in [-0.25, -0.2) is 4.79 Å². The van der Waals surface area contributed by atoms with Crippen molar-refractivity contribution >= 4 is 18.0 Å². The molecule has 2 amide bonds. The Labute approximate surface area is 225 Å². The topological polar surface area (TPSA) is 85.4 Å². The van der Waals surface area contributed by atoms with Gasteiger partial charge in [0.1, 0.15) is 11.7 Å². The fraction of sp³-hybridized carbons (Fsp3) is 0.500. The van der Waals surface area contributed by atoms with Crippen LogP contribution in [0.15, 0.2) is 54.6 Å². The summed E-state index contributed by atoms with van der Waals surface area (Å²) in [5.41, 5.74) is 2.01. The van der Waals surface area contributed by atoms with Crippen molar-refractivity contribution in [1.29, 1.82) is 0 Å². The van der Waals surface area contributed by atoms with Gasteiger partial charge in [-0.1, -0.05) is 49.4 Å². The van der Waals surface area contributed by atoms with E-state index in [1.807, 2.05) is 82.3 Å². The predicted octanol–water partition coefficient (Wildman–Crippen LogP) is 5.07. The van der Waals surface area contributed by atoms with Crippen LogP contribution in [0.4, 0.5) is 4.79 Å². The van der Waals surface area contributed by atoms with Crippen LogP contribution < -0.4 is 0 Å². The second kappa shape index (κ2) is 13.4. The Balaban J connectivity index is 1.61. The number of methoxy groups -OCH3 is 1. The molecule has 0 aliphatic carbocycles. The first-order chi connectivity index (χ1) is 18.1. The van der Waals surface area contributed by atoms with Crippen LogP contribution in [-0.4, -0.2) is 73.3 Å². The monoisotopic (exact) mass is 524 g/mol. The number of benzene rings is 2. The molecule has 206 valence electrons. The van der Waals surface area contributed by atoms with Crippen molar-refractivity contribution in [2.24, 2.45) is 5.92 Å². The molecular formula is C30H40N2O6. The molecular weight excluding hydrogens is 484 g/mol. The Morgan fingerprint density at radius 3 is 2.03 bits per heavy atom. The zero-order valence-electron chi connectivity index (χ0n) is 23.1. The van der Waals surface area contributed by atoms with Crippen LogP contribution in [0.25, 0.3) is 0 Å². The smallest absolute Gasteiger partial charge is 0.410 e. The van der Waals surface area contributed by atoms with Gasteiger partial charge in [0.05, 0.1) is 7.11 Å². The maximum absolute atomic E-state index is 13.1. The summed E-state index contributed by atoms with van der Waals surface area (Å²) in [4.78, 5) is 40.4. The van der Waals surface area contributed by atoms with Crippen LogP contribution in [0, 0.1) is 5.92 Å². The summed E-state index contributed by atoms with van der Waals surface area (Å²) in [6, 6.07) is 17.5. The molecule has 0 radical (unpaired) electrons. The van der Waals surface area contributed by atoms with Crippen molar-refractivity contribution in [3.05, 3.63) is 71.3 Å². The third kappa shape index (κ3) is 8.58. The van der Waals surface area contributed by atoms with Crippen LogP contribution in [0.5, 0.6) is 0 Å². The largest absolute Gasteiger partial charge is 0.469 e. The van der Waals surface area contributed by atoms with Gasteiger partial charge in [0.25, 0.3) is 5.91 Å². The van der Waals surface area contributed by atoms with Crippen molar-refractivity contribution in [3.63, 3.8) is 0 Å². The Morgan fingerprint density at radius 1 is 0.868 bits per heavy atom. The fourth-order valence-electron chi connectivity index (χ4n) is 4.27. The molecule has 2 atom stereocenters. The van der Waals surface area contributed by atoms with Gasteiger partial charge in [-0.2, -0.15) is 0 Å². The third-order valence-electron chi connectivity index (χ3n) is 6.42. The second-order valence-corrected chi connectivity index (χ2v) is 10.7. The van der Waals surface area contributed by atoms with E-state index in [1.165, 1.54) is 7.11 Å². The van der Waals surface area contributed by atoms with Gasteiger partial charge in [0.15, 0.2) is 0 Å². The lowest BCUT2D eigenvalue weighted by molar-refractivity contribution is -0.141. The molecule has 1 heterocycles. The van der Waals surface area contributed by atoms with E-state index in [1.54, 1.807) is 9.80 Å². The first kappa shape index (κ1) is 29.2. The van der Waals surface area contributed by atoms with Crippen LogP contribution in [0.3, 0.4) is 0 Å². The van der Waals surface area contributed by atoms with Crippen LogP contribution in [-0.2, 0) is 19.0 Å². The summed E-state index contributed by atoms with van der Waals surface area (Å²) < 4.78 is 16.5. The zero-order chi connectivity index (χ0) is 27.7. The van der Waals surface area contributed by atoms with E-state index in [0.29, 0.717) is 44.8 Å². The number of piperazine rings is 1. The van der Waals surface area contributed by atoms with Crippen LogP contribution in [0.1, 0.15) is 68.1 Å². The molecule has 0 N–H and O–H groups in total. The number of hydrogen-bond donors (Lipinski definition) is 0. The molecule has 2 unspecified atom stereocenters. The van der Waals surface area contributed by atoms with Gasteiger partial charge in [-0.05, 0) is 56.4 Å². The van der Waals surface area contributed by atoms with Gasteiger partial charge in [0.2, 0.25) is 0 Å². The van der Waals surface area contributed by atoms with Crippen molar-refractivity contribution in [1.82, 2.24) is 9.80 Å². The number of hydrogen-bond acceptors (Lipinski definition) is 6. The first-order valence-corrected chi connectivity index (χ1v) is 13.2. The summed E-state index contributed by atoms with van der Waals surface area (Å²) in [6.07, 6.45) is 0.451. The summed E-state index contributed by atoms with van der Waals surface area (Å²) in [7, 11) is 1.40. The van der Waals surface area contributed by atoms with E-state index in [0.717, 1.165) is 17.5 Å². The predicted molar refractivity (Wildman–Crippen MR) is 145 cm³/mol. The van der Waals surface area contributed by atoms with Gasteiger partial charge < -0.3 is 24.0 Å². The van der Waals surface area contributed by atoms with Crippen molar-refractivity contribution in [2.75, 3.05) is 39.9 Å². The van der Waals surface area contributed by atoms with Gasteiger partial charge in [-0.3, -0.25) is 9.59 Å². The molecule has 0 spiro atoms. The Kier molecular flexibility index (Phi) is 10.3. The molecule has 8 nitrogen and oxygen atoms in total. The SMILES string of the molecule is COC(=O)CC(C)CCOC(c1ccccc1)c1ccc(C(=O)N2CCN(C(=O)OC(C)(C)C)CC2)cc1. The van der Waals surface area contributed by atoms with E-state index in [2.05, 4.69) is 0 Å². The number of carbonyl (C=O) groups excluding carboxylic acids is 3. The maximum atomic E-state index is 13.1. The molecule has 1 aliphatic heterocycles. The first-order valence-electron chi connectivity index (χ1n) is 13.2. The van der Waals surface area contributed by atoms with Crippen LogP contribution in [0.2, 0.25) is 0 Å². The highest BCUT2D eigenvalue weighted by Gasteiger charge is 2.28. The molecule has 2 aromatic carbocycles. The number of ether oxygens (including phenoxy) is 3. The Morgan fingerprint density at radius 2 is 1.45 bits per heavy atom. The molecule has 1 saturated heterocycles. The third-order valence-corrected chi connectivity index (χ3v) is 6.42. The quantitative estimate of drug-likeness (QED) is 0.426. The minimum absolute atomic E-state index is 0.0609. The standard InChI is InChI=1S/C30H40N2O6/c1-22(21-26(33)36-5)15-20-37-27(23-9-7-6-8-10-23)24-11-13-25(14-12-24)28(34)31-16-18-32(19-17-31)29(35)38-30(2,3)4/h6-14,22,27H,15-21H2,1-5H3. The highest BCUT2D eigenvalue weighted by molar-refractivity contribution is 5.94. The molecule has 3 rings (SSSR count). The molecule has 0 aromatic heterocycles. The summed E-state index contributed by atoms with van der Waals surface area (Å²) in [5, 5.41) is 0. The minimum Gasteiger partial charge on any atom is -0.469 e. The molecule has 0 bridgehead atoms. The molecule has 38 heavy (non-hydrogen) atoms. The number of rotatable bonds is 9. The Bertz CT molecular complexity index is 1060. The fourth-order valence-corrected chi connectivity index (χ4v) is 4.27. The highest BCUT2D eigenvalue weighted by Crippen LogP contribution is 2.27.